The van der Waals surface area contributed by atoms with Gasteiger partial charge in [-0.2, -0.15) is 0 Å². The van der Waals surface area contributed by atoms with E-state index in [-0.39, 0.29) is 24.0 Å². The first-order valence-electron chi connectivity index (χ1n) is 11.7. The minimum Gasteiger partial charge on any atom is -0.361 e. The maximum absolute atomic E-state index is 4.82. The van der Waals surface area contributed by atoms with Crippen molar-refractivity contribution in [2.75, 3.05) is 26.2 Å². The zero-order valence-corrected chi connectivity index (χ0v) is 22.5. The number of aromatic amines is 1. The lowest BCUT2D eigenvalue weighted by molar-refractivity contribution is 0.267. The molecule has 8 nitrogen and oxygen atoms in total. The Kier molecular flexibility index (Phi) is 9.13. The number of hydrogen-bond acceptors (Lipinski definition) is 4. The maximum atomic E-state index is 4.82. The van der Waals surface area contributed by atoms with E-state index in [0.717, 1.165) is 43.7 Å². The SMILES string of the molecule is CCN1CCCC1CNC(=NCc1nnc(C)n1C)NCCc1c[nH]c2cc(C)ccc12.I. The lowest BCUT2D eigenvalue weighted by atomic mass is 10.1. The molecule has 1 atom stereocenters. The van der Waals surface area contributed by atoms with Crippen molar-refractivity contribution < 1.29 is 0 Å². The van der Waals surface area contributed by atoms with Gasteiger partial charge in [0.2, 0.25) is 0 Å². The number of aryl methyl sites for hydroxylation is 2. The van der Waals surface area contributed by atoms with E-state index in [1.54, 1.807) is 0 Å². The molecule has 1 aromatic carbocycles. The van der Waals surface area contributed by atoms with Crippen LogP contribution in [-0.4, -0.2) is 62.8 Å². The number of likely N-dealkylation sites (tertiary alicyclic amines) is 1. The van der Waals surface area contributed by atoms with Crippen LogP contribution in [0.4, 0.5) is 0 Å². The molecule has 4 rings (SSSR count). The van der Waals surface area contributed by atoms with Crippen molar-refractivity contribution in [3.05, 3.63) is 47.2 Å². The molecular weight excluding hydrogens is 527 g/mol. The number of guanidine groups is 1. The molecule has 0 radical (unpaired) electrons. The zero-order chi connectivity index (χ0) is 22.5. The van der Waals surface area contributed by atoms with Crippen LogP contribution in [0.3, 0.4) is 0 Å². The van der Waals surface area contributed by atoms with E-state index in [9.17, 15) is 0 Å². The van der Waals surface area contributed by atoms with E-state index in [1.165, 1.54) is 41.4 Å². The zero-order valence-electron chi connectivity index (χ0n) is 20.2. The maximum Gasteiger partial charge on any atom is 0.191 e. The van der Waals surface area contributed by atoms with E-state index < -0.39 is 0 Å². The van der Waals surface area contributed by atoms with Crippen LogP contribution in [0.2, 0.25) is 0 Å². The number of benzene rings is 1. The average Bonchev–Trinajstić information content (AvgIpc) is 3.49. The second-order valence-corrected chi connectivity index (χ2v) is 8.73. The Morgan fingerprint density at radius 3 is 2.85 bits per heavy atom. The number of nitrogens with zero attached hydrogens (tertiary/aromatic N) is 5. The molecule has 1 fully saturated rings. The van der Waals surface area contributed by atoms with Gasteiger partial charge in [-0.25, -0.2) is 4.99 Å². The molecule has 2 aromatic heterocycles. The number of H-pyrrole nitrogens is 1. The van der Waals surface area contributed by atoms with E-state index >= 15 is 0 Å². The molecule has 1 aliphatic heterocycles. The summed E-state index contributed by atoms with van der Waals surface area (Å²) in [7, 11) is 1.98. The molecule has 3 heterocycles. The summed E-state index contributed by atoms with van der Waals surface area (Å²) in [4.78, 5) is 10.8. The predicted molar refractivity (Wildman–Crippen MR) is 145 cm³/mol. The first kappa shape index (κ1) is 25.5. The first-order valence-corrected chi connectivity index (χ1v) is 11.7. The van der Waals surface area contributed by atoms with Crippen LogP contribution in [0, 0.1) is 13.8 Å². The van der Waals surface area contributed by atoms with Crippen molar-refractivity contribution in [3.8, 4) is 0 Å². The smallest absolute Gasteiger partial charge is 0.191 e. The van der Waals surface area contributed by atoms with Gasteiger partial charge in [-0.3, -0.25) is 4.90 Å². The Bertz CT molecular complexity index is 1070. The molecule has 180 valence electrons. The number of halogens is 1. The van der Waals surface area contributed by atoms with Crippen molar-refractivity contribution >= 4 is 40.8 Å². The van der Waals surface area contributed by atoms with Crippen molar-refractivity contribution in [2.24, 2.45) is 12.0 Å². The number of fused-ring (bicyclic) bond motifs is 1. The van der Waals surface area contributed by atoms with Gasteiger partial charge in [-0.1, -0.05) is 19.1 Å². The van der Waals surface area contributed by atoms with Gasteiger partial charge in [0.15, 0.2) is 11.8 Å². The summed E-state index contributed by atoms with van der Waals surface area (Å²) in [5.41, 5.74) is 3.80. The molecule has 3 aromatic rings. The quantitative estimate of drug-likeness (QED) is 0.222. The van der Waals surface area contributed by atoms with E-state index in [4.69, 9.17) is 4.99 Å². The monoisotopic (exact) mass is 564 g/mol. The highest BCUT2D eigenvalue weighted by atomic mass is 127. The van der Waals surface area contributed by atoms with Crippen molar-refractivity contribution in [1.82, 2.24) is 35.3 Å². The molecule has 1 saturated heterocycles. The number of hydrogen-bond donors (Lipinski definition) is 3. The summed E-state index contributed by atoms with van der Waals surface area (Å²) in [5, 5.41) is 16.8. The topological polar surface area (TPSA) is 86.2 Å². The summed E-state index contributed by atoms with van der Waals surface area (Å²) < 4.78 is 1.99. The summed E-state index contributed by atoms with van der Waals surface area (Å²) in [6, 6.07) is 7.15. The minimum atomic E-state index is 0. The van der Waals surface area contributed by atoms with Crippen LogP contribution in [0.1, 0.15) is 42.5 Å². The van der Waals surface area contributed by atoms with Crippen molar-refractivity contribution in [3.63, 3.8) is 0 Å². The highest BCUT2D eigenvalue weighted by molar-refractivity contribution is 14.0. The Morgan fingerprint density at radius 2 is 2.09 bits per heavy atom. The Hall–Kier alpha value is -2.14. The van der Waals surface area contributed by atoms with Gasteiger partial charge in [-0.15, -0.1) is 34.2 Å². The lowest BCUT2D eigenvalue weighted by Crippen LogP contribution is -2.45. The molecule has 33 heavy (non-hydrogen) atoms. The molecule has 3 N–H and O–H groups in total. The molecule has 1 aliphatic rings. The van der Waals surface area contributed by atoms with Gasteiger partial charge in [0.05, 0.1) is 0 Å². The van der Waals surface area contributed by atoms with Crippen molar-refractivity contribution in [2.45, 2.75) is 52.6 Å². The fraction of sp³-hybridized carbons (Fsp3) is 0.542. The normalized spacial score (nSPS) is 16.8. The predicted octanol–water partition coefficient (Wildman–Crippen LogP) is 3.29. The first-order chi connectivity index (χ1) is 15.5. The van der Waals surface area contributed by atoms with Gasteiger partial charge in [0.1, 0.15) is 12.4 Å². The summed E-state index contributed by atoms with van der Waals surface area (Å²) in [6.45, 7) is 10.8. The third-order valence-electron chi connectivity index (χ3n) is 6.58. The number of aliphatic imine (C=N–C) groups is 1. The van der Waals surface area contributed by atoms with Crippen LogP contribution in [0.15, 0.2) is 29.4 Å². The fourth-order valence-electron chi connectivity index (χ4n) is 4.49. The van der Waals surface area contributed by atoms with E-state index in [0.29, 0.717) is 12.6 Å². The molecule has 0 bridgehead atoms. The molecule has 0 amide bonds. The highest BCUT2D eigenvalue weighted by Gasteiger charge is 2.22. The molecular formula is C24H37IN8. The second kappa shape index (κ2) is 11.8. The largest absolute Gasteiger partial charge is 0.361 e. The fourth-order valence-corrected chi connectivity index (χ4v) is 4.49. The van der Waals surface area contributed by atoms with Crippen LogP contribution < -0.4 is 10.6 Å². The summed E-state index contributed by atoms with van der Waals surface area (Å²) >= 11 is 0. The lowest BCUT2D eigenvalue weighted by Gasteiger charge is -2.24. The Morgan fingerprint density at radius 1 is 1.24 bits per heavy atom. The van der Waals surface area contributed by atoms with Gasteiger partial charge in [0.25, 0.3) is 0 Å². The molecule has 0 spiro atoms. The minimum absolute atomic E-state index is 0. The molecule has 0 saturated carbocycles. The van der Waals surface area contributed by atoms with Gasteiger partial charge >= 0.3 is 0 Å². The summed E-state index contributed by atoms with van der Waals surface area (Å²) in [5.74, 6) is 2.60. The van der Waals surface area contributed by atoms with Gasteiger partial charge < -0.3 is 20.2 Å². The summed E-state index contributed by atoms with van der Waals surface area (Å²) in [6.07, 6.45) is 5.57. The standard InChI is InChI=1S/C24H36N8.HI/c1-5-32-12-6-7-20(32)15-27-24(28-16-23-30-29-18(3)31(23)4)25-11-10-19-14-26-22-13-17(2)8-9-21(19)22;/h8-9,13-14,20,26H,5-7,10-12,15-16H2,1-4H3,(H2,25,27,28);1H. The highest BCUT2D eigenvalue weighted by Crippen LogP contribution is 2.19. The third-order valence-corrected chi connectivity index (χ3v) is 6.58. The van der Waals surface area contributed by atoms with Gasteiger partial charge in [0, 0.05) is 43.3 Å². The van der Waals surface area contributed by atoms with Crippen molar-refractivity contribution in [1.29, 1.82) is 0 Å². The molecule has 9 heteroatoms. The number of rotatable bonds is 8. The Balaban J connectivity index is 0.00000306. The van der Waals surface area contributed by atoms with Crippen LogP contribution in [0.25, 0.3) is 10.9 Å². The molecule has 0 aliphatic carbocycles. The van der Waals surface area contributed by atoms with Crippen LogP contribution in [0.5, 0.6) is 0 Å². The third kappa shape index (κ3) is 6.26. The molecule has 1 unspecified atom stereocenters. The van der Waals surface area contributed by atoms with Gasteiger partial charge in [-0.05, 0) is 63.4 Å². The van der Waals surface area contributed by atoms with Crippen LogP contribution in [-0.2, 0) is 20.0 Å². The van der Waals surface area contributed by atoms with Crippen LogP contribution >= 0.6 is 24.0 Å². The average molecular weight is 565 g/mol. The second-order valence-electron chi connectivity index (χ2n) is 8.73. The Labute approximate surface area is 213 Å². The van der Waals surface area contributed by atoms with E-state index in [1.807, 2.05) is 18.5 Å². The number of aromatic nitrogens is 4. The van der Waals surface area contributed by atoms with E-state index in [2.05, 4.69) is 69.0 Å². The number of nitrogens with one attached hydrogen (secondary N) is 3. The number of likely N-dealkylation sites (N-methyl/N-ethyl adjacent to an activating group) is 1.